The highest BCUT2D eigenvalue weighted by Crippen LogP contribution is 2.20. The van der Waals surface area contributed by atoms with Crippen molar-refractivity contribution in [3.8, 4) is 5.69 Å². The zero-order chi connectivity index (χ0) is 21.2. The van der Waals surface area contributed by atoms with Crippen molar-refractivity contribution < 1.29 is 13.2 Å². The minimum absolute atomic E-state index is 0.00721. The molecular weight excluding hydrogens is 454 g/mol. The molecule has 0 bridgehead atoms. The Bertz CT molecular complexity index is 1140. The third kappa shape index (κ3) is 5.33. The van der Waals surface area contributed by atoms with Crippen molar-refractivity contribution in [3.05, 3.63) is 81.1 Å². The van der Waals surface area contributed by atoms with Crippen LogP contribution in [0.25, 0.3) is 5.69 Å². The molecule has 3 rings (SSSR count). The lowest BCUT2D eigenvalue weighted by Crippen LogP contribution is -2.24. The molecule has 1 aromatic heterocycles. The Morgan fingerprint density at radius 3 is 2.21 bits per heavy atom. The summed E-state index contributed by atoms with van der Waals surface area (Å²) >= 11 is 3.42. The molecule has 1 amide bonds. The number of hydrogen-bond donors (Lipinski definition) is 1. The third-order valence-electron chi connectivity index (χ3n) is 4.49. The van der Waals surface area contributed by atoms with Gasteiger partial charge in [0.1, 0.15) is 0 Å². The van der Waals surface area contributed by atoms with Gasteiger partial charge in [0.05, 0.1) is 28.4 Å². The average molecular weight is 476 g/mol. The zero-order valence-corrected chi connectivity index (χ0v) is 18.8. The standard InChI is InChI=1S/C21H22BrN3O3S/c1-14-20(15(2)25(24-14)19-10-8-18(22)9-11-19)21(26)23-12-16-4-6-17(7-5-16)13-29(3,27)28/h4-11H,12-13H2,1-3H3,(H,23,26). The van der Waals surface area contributed by atoms with E-state index in [1.807, 2.05) is 50.2 Å². The number of carbonyl (C=O) groups is 1. The van der Waals surface area contributed by atoms with Gasteiger partial charge in [0.15, 0.2) is 9.84 Å². The lowest BCUT2D eigenvalue weighted by molar-refractivity contribution is 0.0949. The number of rotatable bonds is 6. The topological polar surface area (TPSA) is 81.1 Å². The highest BCUT2D eigenvalue weighted by Gasteiger charge is 2.19. The van der Waals surface area contributed by atoms with Gasteiger partial charge in [-0.15, -0.1) is 0 Å². The van der Waals surface area contributed by atoms with E-state index in [1.165, 1.54) is 6.26 Å². The van der Waals surface area contributed by atoms with Gasteiger partial charge in [0.25, 0.3) is 5.91 Å². The summed E-state index contributed by atoms with van der Waals surface area (Å²) < 4.78 is 25.5. The highest BCUT2D eigenvalue weighted by atomic mass is 79.9. The summed E-state index contributed by atoms with van der Waals surface area (Å²) in [6, 6.07) is 14.9. The summed E-state index contributed by atoms with van der Waals surface area (Å²) in [7, 11) is -3.07. The number of hydrogen-bond acceptors (Lipinski definition) is 4. The van der Waals surface area contributed by atoms with E-state index in [0.29, 0.717) is 17.8 Å². The lowest BCUT2D eigenvalue weighted by Gasteiger charge is -2.08. The third-order valence-corrected chi connectivity index (χ3v) is 5.88. The van der Waals surface area contributed by atoms with Gasteiger partial charge in [0.2, 0.25) is 0 Å². The monoisotopic (exact) mass is 475 g/mol. The molecule has 6 nitrogen and oxygen atoms in total. The van der Waals surface area contributed by atoms with Crippen molar-refractivity contribution >= 4 is 31.7 Å². The fourth-order valence-electron chi connectivity index (χ4n) is 3.13. The Morgan fingerprint density at radius 2 is 1.62 bits per heavy atom. The normalized spacial score (nSPS) is 11.4. The van der Waals surface area contributed by atoms with E-state index in [4.69, 9.17) is 0 Å². The SMILES string of the molecule is Cc1nn(-c2ccc(Br)cc2)c(C)c1C(=O)NCc1ccc(CS(C)(=O)=O)cc1. The van der Waals surface area contributed by atoms with Crippen molar-refractivity contribution in [1.29, 1.82) is 0 Å². The molecule has 29 heavy (non-hydrogen) atoms. The first-order valence-corrected chi connectivity index (χ1v) is 11.9. The maximum atomic E-state index is 12.8. The van der Waals surface area contributed by atoms with Gasteiger partial charge < -0.3 is 5.32 Å². The van der Waals surface area contributed by atoms with E-state index in [-0.39, 0.29) is 11.7 Å². The van der Waals surface area contributed by atoms with Crippen LogP contribution < -0.4 is 5.32 Å². The average Bonchev–Trinajstić information content (AvgIpc) is 2.94. The molecule has 0 aliphatic heterocycles. The molecule has 3 aromatic rings. The van der Waals surface area contributed by atoms with Crippen LogP contribution in [-0.4, -0.2) is 30.4 Å². The summed E-state index contributed by atoms with van der Waals surface area (Å²) in [5, 5.41) is 7.44. The van der Waals surface area contributed by atoms with Crippen LogP contribution in [0, 0.1) is 13.8 Å². The van der Waals surface area contributed by atoms with Crippen LogP contribution in [0.1, 0.15) is 32.9 Å². The van der Waals surface area contributed by atoms with E-state index in [9.17, 15) is 13.2 Å². The predicted octanol–water partition coefficient (Wildman–Crippen LogP) is 3.73. The van der Waals surface area contributed by atoms with Gasteiger partial charge in [-0.1, -0.05) is 40.2 Å². The molecule has 0 saturated heterocycles. The number of nitrogens with one attached hydrogen (secondary N) is 1. The van der Waals surface area contributed by atoms with Crippen LogP contribution >= 0.6 is 15.9 Å². The Kier molecular flexibility index (Phi) is 6.24. The van der Waals surface area contributed by atoms with Crippen LogP contribution in [0.15, 0.2) is 53.0 Å². The van der Waals surface area contributed by atoms with Gasteiger partial charge in [0, 0.05) is 17.3 Å². The van der Waals surface area contributed by atoms with Crippen molar-refractivity contribution in [2.45, 2.75) is 26.1 Å². The number of carbonyl (C=O) groups excluding carboxylic acids is 1. The molecule has 1 N–H and O–H groups in total. The Morgan fingerprint density at radius 1 is 1.03 bits per heavy atom. The number of nitrogens with zero attached hydrogens (tertiary/aromatic N) is 2. The van der Waals surface area contributed by atoms with E-state index in [2.05, 4.69) is 26.3 Å². The largest absolute Gasteiger partial charge is 0.348 e. The number of aryl methyl sites for hydroxylation is 1. The van der Waals surface area contributed by atoms with Crippen LogP contribution in [-0.2, 0) is 22.1 Å². The molecule has 0 saturated carbocycles. The van der Waals surface area contributed by atoms with Crippen molar-refractivity contribution in [1.82, 2.24) is 15.1 Å². The first kappa shape index (κ1) is 21.3. The van der Waals surface area contributed by atoms with E-state index in [0.717, 1.165) is 27.0 Å². The molecule has 8 heteroatoms. The second-order valence-corrected chi connectivity index (χ2v) is 10.1. The Hall–Kier alpha value is -2.45. The minimum Gasteiger partial charge on any atom is -0.348 e. The first-order chi connectivity index (χ1) is 13.6. The number of amides is 1. The summed E-state index contributed by atoms with van der Waals surface area (Å²) in [6.07, 6.45) is 1.21. The molecule has 0 atom stereocenters. The Labute approximate surface area is 179 Å². The van der Waals surface area contributed by atoms with Crippen LogP contribution in [0.3, 0.4) is 0 Å². The van der Waals surface area contributed by atoms with Crippen LogP contribution in [0.5, 0.6) is 0 Å². The number of halogens is 1. The molecule has 0 radical (unpaired) electrons. The van der Waals surface area contributed by atoms with Crippen molar-refractivity contribution in [2.24, 2.45) is 0 Å². The maximum Gasteiger partial charge on any atom is 0.255 e. The number of aromatic nitrogens is 2. The van der Waals surface area contributed by atoms with E-state index >= 15 is 0 Å². The predicted molar refractivity (Wildman–Crippen MR) is 117 cm³/mol. The number of benzene rings is 2. The van der Waals surface area contributed by atoms with Crippen LogP contribution in [0.4, 0.5) is 0 Å². The smallest absolute Gasteiger partial charge is 0.255 e. The molecule has 152 valence electrons. The van der Waals surface area contributed by atoms with Gasteiger partial charge in [-0.2, -0.15) is 5.10 Å². The fraction of sp³-hybridized carbons (Fsp3) is 0.238. The maximum absolute atomic E-state index is 12.8. The molecule has 1 heterocycles. The first-order valence-electron chi connectivity index (χ1n) is 9.00. The van der Waals surface area contributed by atoms with E-state index in [1.54, 1.807) is 16.8 Å². The second-order valence-electron chi connectivity index (χ2n) is 7.00. The minimum atomic E-state index is -3.07. The molecule has 0 unspecified atom stereocenters. The fourth-order valence-corrected chi connectivity index (χ4v) is 4.19. The lowest BCUT2D eigenvalue weighted by atomic mass is 10.1. The molecular formula is C21H22BrN3O3S. The van der Waals surface area contributed by atoms with Crippen LogP contribution in [0.2, 0.25) is 0 Å². The Balaban J connectivity index is 1.72. The van der Waals surface area contributed by atoms with E-state index < -0.39 is 9.84 Å². The molecule has 0 fully saturated rings. The quantitative estimate of drug-likeness (QED) is 0.588. The van der Waals surface area contributed by atoms with Gasteiger partial charge >= 0.3 is 0 Å². The molecule has 2 aromatic carbocycles. The van der Waals surface area contributed by atoms with Crippen molar-refractivity contribution in [2.75, 3.05) is 6.26 Å². The zero-order valence-electron chi connectivity index (χ0n) is 16.4. The van der Waals surface area contributed by atoms with Crippen molar-refractivity contribution in [3.63, 3.8) is 0 Å². The van der Waals surface area contributed by atoms with Gasteiger partial charge in [-0.3, -0.25) is 4.79 Å². The summed E-state index contributed by atoms with van der Waals surface area (Å²) in [5.74, 6) is -0.184. The second kappa shape index (κ2) is 8.51. The molecule has 0 aliphatic carbocycles. The summed E-state index contributed by atoms with van der Waals surface area (Å²) in [4.78, 5) is 12.8. The summed E-state index contributed by atoms with van der Waals surface area (Å²) in [5.41, 5.74) is 4.49. The molecule has 0 spiro atoms. The highest BCUT2D eigenvalue weighted by molar-refractivity contribution is 9.10. The summed E-state index contributed by atoms with van der Waals surface area (Å²) in [6.45, 7) is 4.04. The van der Waals surface area contributed by atoms with Gasteiger partial charge in [-0.05, 0) is 49.2 Å². The van der Waals surface area contributed by atoms with Gasteiger partial charge in [-0.25, -0.2) is 13.1 Å². The number of sulfone groups is 1. The molecule has 0 aliphatic rings.